The van der Waals surface area contributed by atoms with E-state index in [1.165, 1.54) is 148 Å². The molecule has 1 fully saturated rings. The molecule has 1 aliphatic heterocycles. The van der Waals surface area contributed by atoms with Crippen LogP contribution in [0.2, 0.25) is 0 Å². The van der Waals surface area contributed by atoms with Gasteiger partial charge in [-0.2, -0.15) is 0 Å². The van der Waals surface area contributed by atoms with E-state index in [2.05, 4.69) is 38.2 Å². The molecule has 9 nitrogen and oxygen atoms in total. The second kappa shape index (κ2) is 39.1. The van der Waals surface area contributed by atoms with Crippen LogP contribution >= 0.6 is 0 Å². The third-order valence-electron chi connectivity index (χ3n) is 10.9. The van der Waals surface area contributed by atoms with Crippen molar-refractivity contribution >= 4 is 5.97 Å². The van der Waals surface area contributed by atoms with Crippen LogP contribution in [0.4, 0.5) is 0 Å². The van der Waals surface area contributed by atoms with Crippen LogP contribution in [0.25, 0.3) is 0 Å². The minimum absolute atomic E-state index is 0.111. The monoisotopic (exact) mass is 797 g/mol. The van der Waals surface area contributed by atoms with Crippen molar-refractivity contribution in [2.75, 3.05) is 26.4 Å². The Kier molecular flexibility index (Phi) is 36.8. The van der Waals surface area contributed by atoms with E-state index in [1.54, 1.807) is 0 Å². The maximum absolute atomic E-state index is 12.8. The molecular formula is C47H88O9. The summed E-state index contributed by atoms with van der Waals surface area (Å²) in [5.74, 6) is -0.315. The summed E-state index contributed by atoms with van der Waals surface area (Å²) < 4.78 is 22.8. The molecule has 1 rings (SSSR count). The van der Waals surface area contributed by atoms with E-state index in [4.69, 9.17) is 18.9 Å². The van der Waals surface area contributed by atoms with Gasteiger partial charge in [-0.1, -0.05) is 179 Å². The van der Waals surface area contributed by atoms with E-state index in [0.717, 1.165) is 38.5 Å². The van der Waals surface area contributed by atoms with Crippen molar-refractivity contribution in [2.45, 2.75) is 243 Å². The Morgan fingerprint density at radius 1 is 0.571 bits per heavy atom. The number of hydrogen-bond acceptors (Lipinski definition) is 9. The summed E-state index contributed by atoms with van der Waals surface area (Å²) in [6.07, 6.45) is 37.7. The highest BCUT2D eigenvalue weighted by atomic mass is 16.7. The molecule has 0 radical (unpaired) electrons. The summed E-state index contributed by atoms with van der Waals surface area (Å²) in [6.45, 7) is 4.56. The Bertz CT molecular complexity index is 910. The van der Waals surface area contributed by atoms with Crippen molar-refractivity contribution in [2.24, 2.45) is 0 Å². The van der Waals surface area contributed by atoms with Crippen LogP contribution in [0.5, 0.6) is 0 Å². The number of allylic oxidation sites excluding steroid dienone is 4. The number of hydrogen-bond donors (Lipinski definition) is 4. The summed E-state index contributed by atoms with van der Waals surface area (Å²) in [5, 5.41) is 40.1. The molecule has 0 aromatic heterocycles. The summed E-state index contributed by atoms with van der Waals surface area (Å²) in [4.78, 5) is 12.8. The fraction of sp³-hybridized carbons (Fsp3) is 0.894. The van der Waals surface area contributed by atoms with Gasteiger partial charge in [-0.05, 0) is 44.9 Å². The average Bonchev–Trinajstić information content (AvgIpc) is 3.20. The van der Waals surface area contributed by atoms with Crippen LogP contribution in [0.1, 0.15) is 206 Å². The van der Waals surface area contributed by atoms with E-state index < -0.39 is 43.4 Å². The summed E-state index contributed by atoms with van der Waals surface area (Å²) in [5.41, 5.74) is 0. The SMILES string of the molecule is CCCCC/C=C\C/C=C\CCCCCCCCCCCC(=O)OC(COCCCCCCCCCCCCCCCC)COC1OC(CO)C(O)C(O)C1O. The zero-order valence-corrected chi connectivity index (χ0v) is 36.1. The third-order valence-corrected chi connectivity index (χ3v) is 10.9. The molecule has 1 saturated heterocycles. The van der Waals surface area contributed by atoms with Gasteiger partial charge in [0.1, 0.15) is 30.5 Å². The molecule has 6 atom stereocenters. The van der Waals surface area contributed by atoms with Gasteiger partial charge in [-0.3, -0.25) is 4.79 Å². The van der Waals surface area contributed by atoms with E-state index in [-0.39, 0.29) is 19.2 Å². The molecule has 0 amide bonds. The molecule has 1 heterocycles. The van der Waals surface area contributed by atoms with Crippen molar-refractivity contribution < 1.29 is 44.2 Å². The lowest BCUT2D eigenvalue weighted by Gasteiger charge is -2.39. The van der Waals surface area contributed by atoms with E-state index in [1.807, 2.05) is 0 Å². The summed E-state index contributed by atoms with van der Waals surface area (Å²) in [7, 11) is 0. The summed E-state index contributed by atoms with van der Waals surface area (Å²) >= 11 is 0. The quantitative estimate of drug-likeness (QED) is 0.0271. The second-order valence-electron chi connectivity index (χ2n) is 16.2. The van der Waals surface area contributed by atoms with E-state index >= 15 is 0 Å². The molecule has 56 heavy (non-hydrogen) atoms. The number of aliphatic hydroxyl groups is 4. The van der Waals surface area contributed by atoms with Crippen LogP contribution in [0.3, 0.4) is 0 Å². The Morgan fingerprint density at radius 3 is 1.57 bits per heavy atom. The molecular weight excluding hydrogens is 709 g/mol. The van der Waals surface area contributed by atoms with Gasteiger partial charge < -0.3 is 39.4 Å². The maximum Gasteiger partial charge on any atom is 0.306 e. The van der Waals surface area contributed by atoms with Crippen molar-refractivity contribution in [1.82, 2.24) is 0 Å². The number of esters is 1. The zero-order chi connectivity index (χ0) is 40.7. The molecule has 1 aliphatic rings. The van der Waals surface area contributed by atoms with Gasteiger partial charge in [0.25, 0.3) is 0 Å². The van der Waals surface area contributed by atoms with Crippen molar-refractivity contribution in [1.29, 1.82) is 0 Å². The second-order valence-corrected chi connectivity index (χ2v) is 16.2. The third kappa shape index (κ3) is 29.8. The molecule has 0 aromatic carbocycles. The van der Waals surface area contributed by atoms with Gasteiger partial charge >= 0.3 is 5.97 Å². The Hall–Kier alpha value is -1.33. The van der Waals surface area contributed by atoms with Gasteiger partial charge in [0.15, 0.2) is 6.29 Å². The highest BCUT2D eigenvalue weighted by Crippen LogP contribution is 2.23. The minimum atomic E-state index is -1.53. The normalized spacial score (nSPS) is 20.7. The number of ether oxygens (including phenoxy) is 4. The number of carbonyl (C=O) groups excluding carboxylic acids is 1. The molecule has 4 N–H and O–H groups in total. The maximum atomic E-state index is 12.8. The molecule has 330 valence electrons. The zero-order valence-electron chi connectivity index (χ0n) is 36.1. The van der Waals surface area contributed by atoms with Crippen molar-refractivity contribution in [3.63, 3.8) is 0 Å². The number of rotatable bonds is 40. The molecule has 0 aromatic rings. The first kappa shape index (κ1) is 52.7. The largest absolute Gasteiger partial charge is 0.457 e. The molecule has 0 spiro atoms. The number of unbranched alkanes of at least 4 members (excludes halogenated alkanes) is 25. The van der Waals surface area contributed by atoms with Crippen LogP contribution in [0, 0.1) is 0 Å². The van der Waals surface area contributed by atoms with Gasteiger partial charge in [0.05, 0.1) is 19.8 Å². The highest BCUT2D eigenvalue weighted by molar-refractivity contribution is 5.69. The molecule has 6 unspecified atom stereocenters. The fourth-order valence-electron chi connectivity index (χ4n) is 7.17. The standard InChI is InChI=1S/C47H88O9/c1-3-5-7-9-11-13-15-17-19-20-21-22-23-24-26-28-30-32-34-36-43(49)55-41(40-54-47-46(52)45(51)44(50)42(38-48)56-47)39-53-37-35-33-31-29-27-25-18-16-14-12-10-8-6-4-2/h11,13,17,19,41-42,44-48,50-52H,3-10,12,14-16,18,20-40H2,1-2H3/b13-11-,19-17-. The first-order chi connectivity index (χ1) is 27.4. The molecule has 0 saturated carbocycles. The van der Waals surface area contributed by atoms with E-state index in [0.29, 0.717) is 13.0 Å². The lowest BCUT2D eigenvalue weighted by atomic mass is 9.99. The Labute approximate surface area is 343 Å². The van der Waals surface area contributed by atoms with Crippen LogP contribution in [-0.4, -0.2) is 89.6 Å². The van der Waals surface area contributed by atoms with Crippen LogP contribution in [-0.2, 0) is 23.7 Å². The predicted molar refractivity (Wildman–Crippen MR) is 229 cm³/mol. The first-order valence-corrected chi connectivity index (χ1v) is 23.4. The smallest absolute Gasteiger partial charge is 0.306 e. The highest BCUT2D eigenvalue weighted by Gasteiger charge is 2.44. The van der Waals surface area contributed by atoms with Crippen molar-refractivity contribution in [3.8, 4) is 0 Å². The van der Waals surface area contributed by atoms with Crippen LogP contribution < -0.4 is 0 Å². The predicted octanol–water partition coefficient (Wildman–Crippen LogP) is 10.6. The minimum Gasteiger partial charge on any atom is -0.457 e. The van der Waals surface area contributed by atoms with Gasteiger partial charge in [-0.25, -0.2) is 0 Å². The Morgan fingerprint density at radius 2 is 1.04 bits per heavy atom. The molecule has 0 bridgehead atoms. The van der Waals surface area contributed by atoms with Gasteiger partial charge in [0, 0.05) is 13.0 Å². The Balaban J connectivity index is 2.24. The lowest BCUT2D eigenvalue weighted by molar-refractivity contribution is -0.305. The topological polar surface area (TPSA) is 135 Å². The first-order valence-electron chi connectivity index (χ1n) is 23.4. The molecule has 0 aliphatic carbocycles. The van der Waals surface area contributed by atoms with Crippen LogP contribution in [0.15, 0.2) is 24.3 Å². The van der Waals surface area contributed by atoms with E-state index in [9.17, 15) is 25.2 Å². The van der Waals surface area contributed by atoms with Gasteiger partial charge in [0.2, 0.25) is 0 Å². The summed E-state index contributed by atoms with van der Waals surface area (Å²) in [6, 6.07) is 0. The number of carbonyl (C=O) groups is 1. The fourth-order valence-corrected chi connectivity index (χ4v) is 7.17. The number of aliphatic hydroxyl groups excluding tert-OH is 4. The molecule has 9 heteroatoms. The van der Waals surface area contributed by atoms with Crippen molar-refractivity contribution in [3.05, 3.63) is 24.3 Å². The lowest BCUT2D eigenvalue weighted by Crippen LogP contribution is -2.59. The average molecular weight is 797 g/mol. The van der Waals surface area contributed by atoms with Gasteiger partial charge in [-0.15, -0.1) is 0 Å².